The maximum absolute atomic E-state index is 12.5. The fourth-order valence-corrected chi connectivity index (χ4v) is 2.76. The summed E-state index contributed by atoms with van der Waals surface area (Å²) in [6.07, 6.45) is 2.90. The minimum Gasteiger partial charge on any atom is -0.491 e. The van der Waals surface area contributed by atoms with Gasteiger partial charge in [0.15, 0.2) is 0 Å². The number of carbonyl (C=O) groups excluding carboxylic acids is 1. The summed E-state index contributed by atoms with van der Waals surface area (Å²) < 4.78 is 7.21. The molecule has 1 unspecified atom stereocenters. The van der Waals surface area contributed by atoms with Gasteiger partial charge in [-0.15, -0.1) is 0 Å². The van der Waals surface area contributed by atoms with E-state index in [1.807, 2.05) is 39.0 Å². The van der Waals surface area contributed by atoms with Crippen molar-refractivity contribution >= 4 is 11.6 Å². The number of aryl methyl sites for hydroxylation is 2. The van der Waals surface area contributed by atoms with Gasteiger partial charge in [-0.3, -0.25) is 14.0 Å². The molecule has 3 rings (SSSR count). The van der Waals surface area contributed by atoms with Gasteiger partial charge in [-0.25, -0.2) is 4.98 Å². The summed E-state index contributed by atoms with van der Waals surface area (Å²) in [4.78, 5) is 29.1. The molecule has 0 spiro atoms. The number of nitrogens with zero attached hydrogens (tertiary/aromatic N) is 2. The molecule has 0 saturated carbocycles. The molecule has 0 bridgehead atoms. The highest BCUT2D eigenvalue weighted by molar-refractivity contribution is 5.93. The number of pyridine rings is 1. The van der Waals surface area contributed by atoms with Crippen LogP contribution in [-0.4, -0.2) is 27.9 Å². The van der Waals surface area contributed by atoms with Crippen LogP contribution in [0.2, 0.25) is 0 Å². The third kappa shape index (κ3) is 3.59. The Kier molecular flexibility index (Phi) is 5.02. The van der Waals surface area contributed by atoms with Crippen LogP contribution in [0, 0.1) is 13.8 Å². The second-order valence-corrected chi connectivity index (χ2v) is 6.31. The Balaban J connectivity index is 1.70. The summed E-state index contributed by atoms with van der Waals surface area (Å²) in [5.41, 5.74) is 2.20. The van der Waals surface area contributed by atoms with E-state index < -0.39 is 11.5 Å². The van der Waals surface area contributed by atoms with Gasteiger partial charge in [-0.2, -0.15) is 0 Å². The summed E-state index contributed by atoms with van der Waals surface area (Å²) in [5.74, 6) is 0.361. The number of hydrogen-bond donors (Lipinski definition) is 1. The Morgan fingerprint density at radius 3 is 2.65 bits per heavy atom. The smallest absolute Gasteiger partial charge is 0.270 e. The number of benzene rings is 1. The number of rotatable bonds is 5. The lowest BCUT2D eigenvalue weighted by Crippen LogP contribution is -2.39. The van der Waals surface area contributed by atoms with E-state index in [0.29, 0.717) is 12.3 Å². The molecule has 0 aliphatic heterocycles. The zero-order chi connectivity index (χ0) is 18.7. The first kappa shape index (κ1) is 17.7. The molecule has 26 heavy (non-hydrogen) atoms. The normalized spacial score (nSPS) is 12.0. The molecule has 0 radical (unpaired) electrons. The number of aromatic nitrogens is 2. The maximum atomic E-state index is 12.5. The molecule has 0 fully saturated rings. The highest BCUT2D eigenvalue weighted by Gasteiger charge is 2.16. The lowest BCUT2D eigenvalue weighted by molar-refractivity contribution is 0.0924. The van der Waals surface area contributed by atoms with Gasteiger partial charge in [-0.1, -0.05) is 24.3 Å². The maximum Gasteiger partial charge on any atom is 0.270 e. The standard InChI is InChI=1S/C20H21N3O3/c1-13-7-6-8-14(2)18(13)26-12-15(3)22-19(24)16-11-21-17-9-4-5-10-23(17)20(16)25/h4-11,15H,12H2,1-3H3,(H,22,24). The van der Waals surface area contributed by atoms with Gasteiger partial charge in [0.1, 0.15) is 23.6 Å². The highest BCUT2D eigenvalue weighted by Crippen LogP contribution is 2.22. The molecule has 0 aliphatic carbocycles. The molecular weight excluding hydrogens is 330 g/mol. The van der Waals surface area contributed by atoms with E-state index in [0.717, 1.165) is 16.9 Å². The quantitative estimate of drug-likeness (QED) is 0.767. The monoisotopic (exact) mass is 351 g/mol. The van der Waals surface area contributed by atoms with Crippen molar-refractivity contribution in [3.8, 4) is 5.75 Å². The van der Waals surface area contributed by atoms with Gasteiger partial charge in [0.05, 0.1) is 6.04 Å². The fourth-order valence-electron chi connectivity index (χ4n) is 2.76. The van der Waals surface area contributed by atoms with Gasteiger partial charge in [0.2, 0.25) is 0 Å². The van der Waals surface area contributed by atoms with E-state index in [2.05, 4.69) is 10.3 Å². The summed E-state index contributed by atoms with van der Waals surface area (Å²) in [7, 11) is 0. The first-order valence-corrected chi connectivity index (χ1v) is 8.43. The van der Waals surface area contributed by atoms with Crippen LogP contribution in [0.4, 0.5) is 0 Å². The number of fused-ring (bicyclic) bond motifs is 1. The van der Waals surface area contributed by atoms with Crippen molar-refractivity contribution in [2.75, 3.05) is 6.61 Å². The summed E-state index contributed by atoms with van der Waals surface area (Å²) >= 11 is 0. The molecule has 2 heterocycles. The Labute approximate surface area is 151 Å². The molecule has 3 aromatic rings. The molecule has 1 N–H and O–H groups in total. The Morgan fingerprint density at radius 2 is 1.92 bits per heavy atom. The van der Waals surface area contributed by atoms with Gasteiger partial charge in [-0.05, 0) is 44.0 Å². The highest BCUT2D eigenvalue weighted by atomic mass is 16.5. The first-order valence-electron chi connectivity index (χ1n) is 8.43. The molecule has 134 valence electrons. The van der Waals surface area contributed by atoms with Crippen molar-refractivity contribution in [2.45, 2.75) is 26.8 Å². The predicted octanol–water partition coefficient (Wildman–Crippen LogP) is 2.51. The number of ether oxygens (including phenoxy) is 1. The van der Waals surface area contributed by atoms with E-state index in [1.165, 1.54) is 10.6 Å². The van der Waals surface area contributed by atoms with Crippen molar-refractivity contribution in [2.24, 2.45) is 0 Å². The molecule has 0 aliphatic rings. The molecule has 0 saturated heterocycles. The van der Waals surface area contributed by atoms with Crippen molar-refractivity contribution in [1.29, 1.82) is 0 Å². The number of nitrogens with one attached hydrogen (secondary N) is 1. The van der Waals surface area contributed by atoms with Crippen LogP contribution < -0.4 is 15.6 Å². The second-order valence-electron chi connectivity index (χ2n) is 6.31. The molecule has 6 nitrogen and oxygen atoms in total. The summed E-state index contributed by atoms with van der Waals surface area (Å²) in [6, 6.07) is 10.9. The molecule has 6 heteroatoms. The van der Waals surface area contributed by atoms with Crippen LogP contribution in [0.15, 0.2) is 53.6 Å². The van der Waals surface area contributed by atoms with Crippen LogP contribution in [0.1, 0.15) is 28.4 Å². The second kappa shape index (κ2) is 7.39. The van der Waals surface area contributed by atoms with Gasteiger partial charge < -0.3 is 10.1 Å². The van der Waals surface area contributed by atoms with Crippen molar-refractivity contribution < 1.29 is 9.53 Å². The Bertz CT molecular complexity index is 990. The van der Waals surface area contributed by atoms with Crippen LogP contribution in [0.3, 0.4) is 0 Å². The lowest BCUT2D eigenvalue weighted by atomic mass is 10.1. The molecular formula is C20H21N3O3. The molecule has 1 amide bonds. The average molecular weight is 351 g/mol. The lowest BCUT2D eigenvalue weighted by Gasteiger charge is -2.17. The van der Waals surface area contributed by atoms with Crippen LogP contribution >= 0.6 is 0 Å². The van der Waals surface area contributed by atoms with E-state index in [4.69, 9.17) is 4.74 Å². The van der Waals surface area contributed by atoms with Crippen molar-refractivity contribution in [3.05, 3.63) is 75.8 Å². The van der Waals surface area contributed by atoms with Gasteiger partial charge in [0.25, 0.3) is 11.5 Å². The number of para-hydroxylation sites is 1. The van der Waals surface area contributed by atoms with Crippen LogP contribution in [-0.2, 0) is 0 Å². The average Bonchev–Trinajstić information content (AvgIpc) is 2.61. The van der Waals surface area contributed by atoms with Crippen molar-refractivity contribution in [1.82, 2.24) is 14.7 Å². The SMILES string of the molecule is Cc1cccc(C)c1OCC(C)NC(=O)c1cnc2ccccn2c1=O. The van der Waals surface area contributed by atoms with Crippen LogP contribution in [0.25, 0.3) is 5.65 Å². The number of carbonyl (C=O) groups is 1. The minimum absolute atomic E-state index is 0.00706. The summed E-state index contributed by atoms with van der Waals surface area (Å²) in [6.45, 7) is 6.10. The zero-order valence-electron chi connectivity index (χ0n) is 15.0. The van der Waals surface area contributed by atoms with Gasteiger partial charge >= 0.3 is 0 Å². The third-order valence-electron chi connectivity index (χ3n) is 4.12. The van der Waals surface area contributed by atoms with Gasteiger partial charge in [0, 0.05) is 12.4 Å². The first-order chi connectivity index (χ1) is 12.5. The molecule has 1 atom stereocenters. The molecule has 2 aromatic heterocycles. The van der Waals surface area contributed by atoms with E-state index in [9.17, 15) is 9.59 Å². The van der Waals surface area contributed by atoms with E-state index >= 15 is 0 Å². The largest absolute Gasteiger partial charge is 0.491 e. The minimum atomic E-state index is -0.460. The van der Waals surface area contributed by atoms with Crippen LogP contribution in [0.5, 0.6) is 5.75 Å². The Hall–Kier alpha value is -3.15. The zero-order valence-corrected chi connectivity index (χ0v) is 15.0. The van der Waals surface area contributed by atoms with E-state index in [1.54, 1.807) is 24.4 Å². The number of amides is 1. The van der Waals surface area contributed by atoms with Crippen molar-refractivity contribution in [3.63, 3.8) is 0 Å². The summed E-state index contributed by atoms with van der Waals surface area (Å²) in [5, 5.41) is 2.79. The topological polar surface area (TPSA) is 72.7 Å². The fraction of sp³-hybridized carbons (Fsp3) is 0.250. The Morgan fingerprint density at radius 1 is 1.19 bits per heavy atom. The van der Waals surface area contributed by atoms with E-state index in [-0.39, 0.29) is 11.6 Å². The third-order valence-corrected chi connectivity index (χ3v) is 4.12. The number of hydrogen-bond acceptors (Lipinski definition) is 4. The molecule has 1 aromatic carbocycles. The predicted molar refractivity (Wildman–Crippen MR) is 99.8 cm³/mol.